The van der Waals surface area contributed by atoms with Gasteiger partial charge in [0.1, 0.15) is 6.04 Å². The van der Waals surface area contributed by atoms with Crippen molar-refractivity contribution in [2.24, 2.45) is 5.73 Å². The van der Waals surface area contributed by atoms with E-state index in [2.05, 4.69) is 0 Å². The minimum Gasteiger partial charge on any atom is -0.368 e. The molecular weight excluding hydrogens is 348 g/mol. The summed E-state index contributed by atoms with van der Waals surface area (Å²) in [5.74, 6) is -0.650. The smallest absolute Gasteiger partial charge is 0.240 e. The molecule has 1 aliphatic heterocycles. The summed E-state index contributed by atoms with van der Waals surface area (Å²) in [5, 5.41) is 0. The van der Waals surface area contributed by atoms with E-state index in [-0.39, 0.29) is 18.2 Å². The Labute approximate surface area is 164 Å². The number of carbonyl (C=O) groups excluding carboxylic acids is 2. The largest absolute Gasteiger partial charge is 0.368 e. The topological polar surface area (TPSA) is 63.4 Å². The zero-order valence-electron chi connectivity index (χ0n) is 15.5. The van der Waals surface area contributed by atoms with E-state index in [1.54, 1.807) is 4.90 Å². The van der Waals surface area contributed by atoms with Gasteiger partial charge < -0.3 is 5.73 Å². The number of para-hydroxylation sites is 1. The van der Waals surface area contributed by atoms with Crippen LogP contribution in [0.2, 0.25) is 0 Å². The molecule has 0 bridgehead atoms. The van der Waals surface area contributed by atoms with Gasteiger partial charge in [0.2, 0.25) is 11.8 Å². The molecule has 2 N–H and O–H groups in total. The molecule has 0 radical (unpaired) electrons. The molecule has 4 rings (SSSR count). The monoisotopic (exact) mass is 370 g/mol. The predicted molar refractivity (Wildman–Crippen MR) is 110 cm³/mol. The Morgan fingerprint density at radius 2 is 1.39 bits per heavy atom. The third kappa shape index (κ3) is 3.41. The molecule has 0 aromatic heterocycles. The van der Waals surface area contributed by atoms with Crippen LogP contribution in [0.4, 0.5) is 5.69 Å². The Morgan fingerprint density at radius 3 is 1.96 bits per heavy atom. The van der Waals surface area contributed by atoms with E-state index in [1.165, 1.54) is 0 Å². The number of primary amides is 1. The highest BCUT2D eigenvalue weighted by Gasteiger charge is 2.37. The predicted octanol–water partition coefficient (Wildman–Crippen LogP) is 3.65. The molecule has 140 valence electrons. The summed E-state index contributed by atoms with van der Waals surface area (Å²) in [4.78, 5) is 27.0. The number of fused-ring (bicyclic) bond motifs is 1. The molecule has 0 spiro atoms. The van der Waals surface area contributed by atoms with Crippen LogP contribution in [0, 0.1) is 0 Å². The van der Waals surface area contributed by atoms with Crippen LogP contribution in [-0.2, 0) is 16.0 Å². The van der Waals surface area contributed by atoms with E-state index in [4.69, 9.17) is 5.73 Å². The molecule has 1 atom stereocenters. The summed E-state index contributed by atoms with van der Waals surface area (Å²) in [6, 6.07) is 27.0. The zero-order chi connectivity index (χ0) is 19.5. The van der Waals surface area contributed by atoms with Crippen molar-refractivity contribution in [2.45, 2.75) is 24.8 Å². The molecule has 2 amide bonds. The molecule has 0 aliphatic carbocycles. The second-order valence-corrected chi connectivity index (χ2v) is 7.09. The maximum atomic E-state index is 13.4. The quantitative estimate of drug-likeness (QED) is 0.745. The van der Waals surface area contributed by atoms with Crippen LogP contribution in [0.15, 0.2) is 84.9 Å². The maximum Gasteiger partial charge on any atom is 0.240 e. The lowest BCUT2D eigenvalue weighted by Gasteiger charge is -2.26. The number of nitrogens with zero attached hydrogens (tertiary/aromatic N) is 1. The minimum absolute atomic E-state index is 0.0869. The van der Waals surface area contributed by atoms with Gasteiger partial charge in [-0.1, -0.05) is 78.9 Å². The number of nitrogens with two attached hydrogens (primary N) is 1. The van der Waals surface area contributed by atoms with Gasteiger partial charge in [0.15, 0.2) is 0 Å². The normalized spacial score (nSPS) is 15.5. The number of benzene rings is 3. The Hall–Kier alpha value is -3.40. The average molecular weight is 370 g/mol. The van der Waals surface area contributed by atoms with Crippen molar-refractivity contribution in [3.05, 3.63) is 102 Å². The second-order valence-electron chi connectivity index (χ2n) is 7.09. The van der Waals surface area contributed by atoms with Gasteiger partial charge in [-0.2, -0.15) is 0 Å². The molecule has 0 unspecified atom stereocenters. The van der Waals surface area contributed by atoms with Crippen LogP contribution in [0.5, 0.6) is 0 Å². The minimum atomic E-state index is -0.628. The van der Waals surface area contributed by atoms with Gasteiger partial charge in [0, 0.05) is 24.4 Å². The Morgan fingerprint density at radius 1 is 0.857 bits per heavy atom. The highest BCUT2D eigenvalue weighted by molar-refractivity contribution is 6.03. The molecule has 1 aliphatic rings. The third-order valence-corrected chi connectivity index (χ3v) is 5.36. The molecule has 4 nitrogen and oxygen atoms in total. The lowest BCUT2D eigenvalue weighted by Crippen LogP contribution is -2.46. The Bertz CT molecular complexity index is 946. The first-order chi connectivity index (χ1) is 13.6. The molecule has 0 fully saturated rings. The zero-order valence-corrected chi connectivity index (χ0v) is 15.5. The molecule has 1 heterocycles. The summed E-state index contributed by atoms with van der Waals surface area (Å²) >= 11 is 0. The van der Waals surface area contributed by atoms with Crippen molar-refractivity contribution in [2.75, 3.05) is 4.90 Å². The first kappa shape index (κ1) is 18.0. The average Bonchev–Trinajstić information content (AvgIpc) is 3.13. The van der Waals surface area contributed by atoms with Crippen LogP contribution < -0.4 is 10.6 Å². The molecule has 3 aromatic rings. The number of hydrogen-bond acceptors (Lipinski definition) is 2. The molecule has 28 heavy (non-hydrogen) atoms. The first-order valence-corrected chi connectivity index (χ1v) is 9.44. The van der Waals surface area contributed by atoms with E-state index in [9.17, 15) is 9.59 Å². The number of amides is 2. The highest BCUT2D eigenvalue weighted by Crippen LogP contribution is 2.35. The number of rotatable bonds is 5. The van der Waals surface area contributed by atoms with Gasteiger partial charge in [-0.15, -0.1) is 0 Å². The molecular formula is C24H22N2O2. The van der Waals surface area contributed by atoms with Crippen molar-refractivity contribution in [3.63, 3.8) is 0 Å². The van der Waals surface area contributed by atoms with Crippen LogP contribution in [-0.4, -0.2) is 17.9 Å². The lowest BCUT2D eigenvalue weighted by molar-refractivity contribution is -0.124. The fraction of sp³-hybridized carbons (Fsp3) is 0.167. The van der Waals surface area contributed by atoms with Gasteiger partial charge in [-0.25, -0.2) is 0 Å². The summed E-state index contributed by atoms with van der Waals surface area (Å²) in [7, 11) is 0. The summed E-state index contributed by atoms with van der Waals surface area (Å²) in [6.45, 7) is 0. The summed E-state index contributed by atoms with van der Waals surface area (Å²) in [5.41, 5.74) is 9.54. The van der Waals surface area contributed by atoms with Crippen LogP contribution in [0.25, 0.3) is 0 Å². The highest BCUT2D eigenvalue weighted by atomic mass is 16.2. The van der Waals surface area contributed by atoms with Crippen molar-refractivity contribution in [1.82, 2.24) is 0 Å². The van der Waals surface area contributed by atoms with Gasteiger partial charge in [-0.05, 0) is 22.8 Å². The molecule has 0 saturated heterocycles. The summed E-state index contributed by atoms with van der Waals surface area (Å²) < 4.78 is 0. The van der Waals surface area contributed by atoms with E-state index < -0.39 is 11.9 Å². The Kier molecular flexibility index (Phi) is 4.94. The number of anilines is 1. The molecule has 3 aromatic carbocycles. The van der Waals surface area contributed by atoms with Gasteiger partial charge >= 0.3 is 0 Å². The van der Waals surface area contributed by atoms with Crippen LogP contribution in [0.3, 0.4) is 0 Å². The van der Waals surface area contributed by atoms with Crippen molar-refractivity contribution in [1.29, 1.82) is 0 Å². The SMILES string of the molecule is NC(=O)[C@H]1Cc2ccccc2N1C(=O)CC(c1ccccc1)c1ccccc1. The lowest BCUT2D eigenvalue weighted by atomic mass is 9.88. The van der Waals surface area contributed by atoms with E-state index in [0.29, 0.717) is 6.42 Å². The van der Waals surface area contributed by atoms with Crippen LogP contribution >= 0.6 is 0 Å². The van der Waals surface area contributed by atoms with E-state index >= 15 is 0 Å². The second kappa shape index (κ2) is 7.69. The van der Waals surface area contributed by atoms with Crippen molar-refractivity contribution < 1.29 is 9.59 Å². The van der Waals surface area contributed by atoms with Gasteiger partial charge in [0.25, 0.3) is 0 Å². The summed E-state index contributed by atoms with van der Waals surface area (Å²) in [6.07, 6.45) is 0.741. The standard InChI is InChI=1S/C24H22N2O2/c25-24(28)22-15-19-13-7-8-14-21(19)26(22)23(27)16-20(17-9-3-1-4-10-17)18-11-5-2-6-12-18/h1-14,20,22H,15-16H2,(H2,25,28)/t22-/m1/s1. The van der Waals surface area contributed by atoms with Gasteiger partial charge in [0.05, 0.1) is 0 Å². The fourth-order valence-electron chi connectivity index (χ4n) is 3.99. The Balaban J connectivity index is 1.69. The van der Waals surface area contributed by atoms with Crippen molar-refractivity contribution >= 4 is 17.5 Å². The van der Waals surface area contributed by atoms with E-state index in [1.807, 2.05) is 84.9 Å². The fourth-order valence-corrected chi connectivity index (χ4v) is 3.99. The third-order valence-electron chi connectivity index (χ3n) is 5.36. The number of carbonyl (C=O) groups is 2. The van der Waals surface area contributed by atoms with Crippen molar-refractivity contribution in [3.8, 4) is 0 Å². The maximum absolute atomic E-state index is 13.4. The number of hydrogen-bond donors (Lipinski definition) is 1. The first-order valence-electron chi connectivity index (χ1n) is 9.44. The van der Waals surface area contributed by atoms with Crippen LogP contribution in [0.1, 0.15) is 29.0 Å². The van der Waals surface area contributed by atoms with E-state index in [0.717, 1.165) is 22.4 Å². The van der Waals surface area contributed by atoms with Gasteiger partial charge in [-0.3, -0.25) is 14.5 Å². The molecule has 0 saturated carbocycles. The molecule has 4 heteroatoms.